The molecule has 0 aliphatic carbocycles. The Hall–Kier alpha value is -1.44. The molecule has 0 atom stereocenters. The van der Waals surface area contributed by atoms with Gasteiger partial charge < -0.3 is 19.6 Å². The zero-order valence-corrected chi connectivity index (χ0v) is 15.1. The summed E-state index contributed by atoms with van der Waals surface area (Å²) in [5.74, 6) is 2.01. The van der Waals surface area contributed by atoms with E-state index in [2.05, 4.69) is 37.8 Å². The highest BCUT2D eigenvalue weighted by atomic mass is 16.5. The summed E-state index contributed by atoms with van der Waals surface area (Å²) in [6.07, 6.45) is 5.33. The molecule has 7 nitrogen and oxygen atoms in total. The van der Waals surface area contributed by atoms with Crippen molar-refractivity contribution in [1.29, 1.82) is 0 Å². The maximum Gasteiger partial charge on any atom is 0.134 e. The maximum absolute atomic E-state index is 9.72. The van der Waals surface area contributed by atoms with E-state index in [-0.39, 0.29) is 11.6 Å². The lowest BCUT2D eigenvalue weighted by Gasteiger charge is -2.51. The molecule has 4 heterocycles. The highest BCUT2D eigenvalue weighted by Crippen LogP contribution is 2.33. The molecule has 3 aliphatic rings. The molecule has 4 rings (SSSR count). The number of piperidine rings is 1. The van der Waals surface area contributed by atoms with E-state index >= 15 is 0 Å². The Bertz CT molecular complexity index is 585. The van der Waals surface area contributed by atoms with E-state index in [1.807, 2.05) is 0 Å². The summed E-state index contributed by atoms with van der Waals surface area (Å²) in [6, 6.07) is 2.12. The fraction of sp³-hybridized carbons (Fsp3) is 0.778. The molecule has 7 heteroatoms. The van der Waals surface area contributed by atoms with E-state index in [0.29, 0.717) is 0 Å². The van der Waals surface area contributed by atoms with Crippen LogP contribution in [0.4, 0.5) is 11.6 Å². The summed E-state index contributed by atoms with van der Waals surface area (Å²) in [6.45, 7) is 6.47. The van der Waals surface area contributed by atoms with Gasteiger partial charge in [-0.3, -0.25) is 4.90 Å². The molecule has 1 spiro atoms. The average Bonchev–Trinajstić information content (AvgIpc) is 2.66. The van der Waals surface area contributed by atoms with E-state index in [0.717, 1.165) is 83.3 Å². The number of anilines is 2. The number of nitrogens with zero attached hydrogens (tertiary/aromatic N) is 5. The van der Waals surface area contributed by atoms with Crippen molar-refractivity contribution in [2.24, 2.45) is 0 Å². The molecular formula is C18H29N5O2. The van der Waals surface area contributed by atoms with Crippen LogP contribution in [0.2, 0.25) is 0 Å². The summed E-state index contributed by atoms with van der Waals surface area (Å²) >= 11 is 0. The van der Waals surface area contributed by atoms with Crippen molar-refractivity contribution in [3.8, 4) is 0 Å². The van der Waals surface area contributed by atoms with Crippen molar-refractivity contribution in [1.82, 2.24) is 14.9 Å². The van der Waals surface area contributed by atoms with Gasteiger partial charge in [0.1, 0.15) is 18.0 Å². The second-order valence-electron chi connectivity index (χ2n) is 7.63. The number of rotatable bonds is 2. The first-order valence-electron chi connectivity index (χ1n) is 9.45. The predicted molar refractivity (Wildman–Crippen MR) is 97.1 cm³/mol. The Morgan fingerprint density at radius 1 is 1.04 bits per heavy atom. The Kier molecular flexibility index (Phi) is 4.80. The first-order valence-corrected chi connectivity index (χ1v) is 9.45. The summed E-state index contributed by atoms with van der Waals surface area (Å²) in [5.41, 5.74) is 0.205. The van der Waals surface area contributed by atoms with Gasteiger partial charge in [0, 0.05) is 57.5 Å². The molecule has 0 aromatic carbocycles. The third kappa shape index (κ3) is 3.45. The van der Waals surface area contributed by atoms with Gasteiger partial charge in [-0.2, -0.15) is 0 Å². The van der Waals surface area contributed by atoms with Crippen LogP contribution in [0.3, 0.4) is 0 Å². The summed E-state index contributed by atoms with van der Waals surface area (Å²) in [7, 11) is 2.24. The molecule has 1 aromatic heterocycles. The number of aliphatic hydroxyl groups is 1. The average molecular weight is 347 g/mol. The lowest BCUT2D eigenvalue weighted by molar-refractivity contribution is -0.0221. The lowest BCUT2D eigenvalue weighted by Crippen LogP contribution is -2.63. The van der Waals surface area contributed by atoms with Crippen LogP contribution in [0.25, 0.3) is 0 Å². The van der Waals surface area contributed by atoms with Crippen molar-refractivity contribution in [2.45, 2.75) is 37.3 Å². The van der Waals surface area contributed by atoms with Gasteiger partial charge in [0.15, 0.2) is 0 Å². The van der Waals surface area contributed by atoms with E-state index in [4.69, 9.17) is 4.74 Å². The van der Waals surface area contributed by atoms with Crippen molar-refractivity contribution in [3.05, 3.63) is 12.4 Å². The van der Waals surface area contributed by atoms with Crippen LogP contribution in [0.15, 0.2) is 12.4 Å². The highest BCUT2D eigenvalue weighted by Gasteiger charge is 2.41. The van der Waals surface area contributed by atoms with Crippen LogP contribution in [0.1, 0.15) is 25.7 Å². The minimum atomic E-state index is -0.163. The van der Waals surface area contributed by atoms with Gasteiger partial charge in [0.25, 0.3) is 0 Å². The van der Waals surface area contributed by atoms with Gasteiger partial charge in [-0.25, -0.2) is 9.97 Å². The topological polar surface area (TPSA) is 65.0 Å². The molecule has 1 N–H and O–H groups in total. The number of piperazine rings is 1. The fourth-order valence-electron chi connectivity index (χ4n) is 4.33. The molecule has 0 amide bonds. The van der Waals surface area contributed by atoms with Crippen molar-refractivity contribution in [3.63, 3.8) is 0 Å². The van der Waals surface area contributed by atoms with Crippen LogP contribution < -0.4 is 9.80 Å². The monoisotopic (exact) mass is 347 g/mol. The van der Waals surface area contributed by atoms with Gasteiger partial charge in [-0.15, -0.1) is 0 Å². The molecule has 0 bridgehead atoms. The molecule has 3 fully saturated rings. The molecule has 3 saturated heterocycles. The molecule has 138 valence electrons. The third-order valence-electron chi connectivity index (χ3n) is 6.17. The van der Waals surface area contributed by atoms with Crippen LogP contribution in [-0.2, 0) is 4.74 Å². The minimum absolute atomic E-state index is 0.163. The number of hydrogen-bond acceptors (Lipinski definition) is 7. The molecule has 0 unspecified atom stereocenters. The largest absolute Gasteiger partial charge is 0.393 e. The second kappa shape index (κ2) is 7.05. The SMILES string of the molecule is CN1CCN(c2cc(N3CCC(O)CC3)ncn2)CC12CCOCC2. The van der Waals surface area contributed by atoms with E-state index < -0.39 is 0 Å². The summed E-state index contributed by atoms with van der Waals surface area (Å²) < 4.78 is 5.60. The Morgan fingerprint density at radius 3 is 2.44 bits per heavy atom. The van der Waals surface area contributed by atoms with Gasteiger partial charge in [-0.05, 0) is 32.7 Å². The number of ether oxygens (including phenoxy) is 1. The fourth-order valence-corrected chi connectivity index (χ4v) is 4.33. The molecule has 0 saturated carbocycles. The Labute approximate surface area is 149 Å². The van der Waals surface area contributed by atoms with Gasteiger partial charge in [0.2, 0.25) is 0 Å². The van der Waals surface area contributed by atoms with Gasteiger partial charge in [-0.1, -0.05) is 0 Å². The van der Waals surface area contributed by atoms with Crippen LogP contribution in [-0.4, -0.2) is 84.6 Å². The smallest absolute Gasteiger partial charge is 0.134 e. The number of aliphatic hydroxyl groups excluding tert-OH is 1. The number of likely N-dealkylation sites (N-methyl/N-ethyl adjacent to an activating group) is 1. The van der Waals surface area contributed by atoms with Crippen molar-refractivity contribution in [2.75, 3.05) is 62.8 Å². The zero-order chi connectivity index (χ0) is 17.3. The van der Waals surface area contributed by atoms with E-state index in [1.165, 1.54) is 0 Å². The second-order valence-corrected chi connectivity index (χ2v) is 7.63. The predicted octanol–water partition coefficient (Wildman–Crippen LogP) is 0.739. The lowest BCUT2D eigenvalue weighted by atomic mass is 9.86. The first-order chi connectivity index (χ1) is 12.2. The zero-order valence-electron chi connectivity index (χ0n) is 15.1. The quantitative estimate of drug-likeness (QED) is 0.846. The number of hydrogen-bond donors (Lipinski definition) is 1. The molecule has 0 radical (unpaired) electrons. The standard InChI is InChI=1S/C18H29N5O2/c1-21-8-9-23(13-18(21)4-10-25-11-5-18)17-12-16(19-14-20-17)22-6-2-15(24)3-7-22/h12,14-15,24H,2-11,13H2,1H3. The normalized spacial score (nSPS) is 25.5. The molecule has 25 heavy (non-hydrogen) atoms. The van der Waals surface area contributed by atoms with E-state index in [1.54, 1.807) is 6.33 Å². The van der Waals surface area contributed by atoms with Gasteiger partial charge >= 0.3 is 0 Å². The first kappa shape index (κ1) is 17.0. The minimum Gasteiger partial charge on any atom is -0.393 e. The molecule has 1 aromatic rings. The Morgan fingerprint density at radius 2 is 1.72 bits per heavy atom. The van der Waals surface area contributed by atoms with Crippen LogP contribution in [0, 0.1) is 0 Å². The van der Waals surface area contributed by atoms with Crippen LogP contribution >= 0.6 is 0 Å². The third-order valence-corrected chi connectivity index (χ3v) is 6.17. The van der Waals surface area contributed by atoms with Crippen molar-refractivity contribution >= 4 is 11.6 Å². The maximum atomic E-state index is 9.72. The summed E-state index contributed by atoms with van der Waals surface area (Å²) in [4.78, 5) is 16.2. The van der Waals surface area contributed by atoms with Crippen LogP contribution in [0.5, 0.6) is 0 Å². The molecular weight excluding hydrogens is 318 g/mol. The van der Waals surface area contributed by atoms with Gasteiger partial charge in [0.05, 0.1) is 6.10 Å². The summed E-state index contributed by atoms with van der Waals surface area (Å²) in [5, 5.41) is 9.72. The van der Waals surface area contributed by atoms with E-state index in [9.17, 15) is 5.11 Å². The Balaban J connectivity index is 1.50. The number of aromatic nitrogens is 2. The molecule has 3 aliphatic heterocycles. The van der Waals surface area contributed by atoms with Crippen molar-refractivity contribution < 1.29 is 9.84 Å². The highest BCUT2D eigenvalue weighted by molar-refractivity contribution is 5.51.